The molecule has 1 aromatic carbocycles. The van der Waals surface area contributed by atoms with Crippen molar-refractivity contribution in [2.45, 2.75) is 19.9 Å². The molecule has 0 atom stereocenters. The van der Waals surface area contributed by atoms with Crippen molar-refractivity contribution in [1.29, 1.82) is 0 Å². The summed E-state index contributed by atoms with van der Waals surface area (Å²) < 4.78 is 4.79. The molecular formula is C18H17N3O3S. The molecule has 0 aliphatic carbocycles. The van der Waals surface area contributed by atoms with Gasteiger partial charge in [-0.3, -0.25) is 4.79 Å². The molecule has 3 heterocycles. The van der Waals surface area contributed by atoms with Crippen molar-refractivity contribution in [2.75, 3.05) is 18.6 Å². The minimum Gasteiger partial charge on any atom is -0.465 e. The first-order valence-corrected chi connectivity index (χ1v) is 8.83. The summed E-state index contributed by atoms with van der Waals surface area (Å²) in [5.74, 6) is 0.168. The van der Waals surface area contributed by atoms with Crippen LogP contribution in [0.25, 0.3) is 10.2 Å². The molecule has 0 spiro atoms. The highest BCUT2D eigenvalue weighted by Crippen LogP contribution is 2.30. The van der Waals surface area contributed by atoms with Gasteiger partial charge < -0.3 is 14.6 Å². The summed E-state index contributed by atoms with van der Waals surface area (Å²) in [7, 11) is 1.33. The van der Waals surface area contributed by atoms with Gasteiger partial charge in [-0.25, -0.2) is 9.78 Å². The SMILES string of the molecule is COC(=O)c1sc2nc(CN3CCc4ccccc43)[nH]c(=O)c2c1C. The standard InChI is InChI=1S/C18H17N3O3S/c1-10-14-16(22)19-13(20-17(14)25-15(10)18(23)24-2)9-21-8-7-11-5-3-4-6-12(11)21/h3-6H,7-9H2,1-2H3,(H,19,20,22). The molecule has 0 radical (unpaired) electrons. The van der Waals surface area contributed by atoms with Crippen LogP contribution < -0.4 is 10.5 Å². The van der Waals surface area contributed by atoms with Crippen LogP contribution in [0.5, 0.6) is 0 Å². The number of hydrogen-bond acceptors (Lipinski definition) is 6. The topological polar surface area (TPSA) is 75.3 Å². The minimum atomic E-state index is -0.435. The molecule has 7 heteroatoms. The summed E-state index contributed by atoms with van der Waals surface area (Å²) >= 11 is 1.20. The van der Waals surface area contributed by atoms with Crippen LogP contribution >= 0.6 is 11.3 Å². The van der Waals surface area contributed by atoms with Crippen LogP contribution in [0, 0.1) is 6.92 Å². The minimum absolute atomic E-state index is 0.212. The normalized spacial score (nSPS) is 13.3. The number of rotatable bonds is 3. The van der Waals surface area contributed by atoms with Gasteiger partial charge >= 0.3 is 5.97 Å². The molecular weight excluding hydrogens is 338 g/mol. The molecule has 3 aromatic rings. The molecule has 128 valence electrons. The van der Waals surface area contributed by atoms with Crippen molar-refractivity contribution in [1.82, 2.24) is 9.97 Å². The van der Waals surface area contributed by atoms with E-state index >= 15 is 0 Å². The van der Waals surface area contributed by atoms with Gasteiger partial charge in [0.05, 0.1) is 19.0 Å². The Balaban J connectivity index is 1.72. The molecule has 0 bridgehead atoms. The number of aromatic nitrogens is 2. The van der Waals surface area contributed by atoms with Gasteiger partial charge in [-0.15, -0.1) is 11.3 Å². The molecule has 2 aromatic heterocycles. The smallest absolute Gasteiger partial charge is 0.348 e. The molecule has 1 aliphatic rings. The number of esters is 1. The van der Waals surface area contributed by atoms with Gasteiger partial charge in [0.25, 0.3) is 5.56 Å². The number of H-pyrrole nitrogens is 1. The fourth-order valence-corrected chi connectivity index (χ4v) is 4.42. The Hall–Kier alpha value is -2.67. The first kappa shape index (κ1) is 15.8. The number of benzene rings is 1. The number of carbonyl (C=O) groups is 1. The third-order valence-electron chi connectivity index (χ3n) is 4.54. The first-order valence-electron chi connectivity index (χ1n) is 8.02. The number of carbonyl (C=O) groups excluding carboxylic acids is 1. The largest absolute Gasteiger partial charge is 0.465 e. The number of para-hydroxylation sites is 1. The third-order valence-corrected chi connectivity index (χ3v) is 5.71. The fourth-order valence-electron chi connectivity index (χ4n) is 3.30. The van der Waals surface area contributed by atoms with E-state index in [0.29, 0.717) is 33.0 Å². The molecule has 4 rings (SSSR count). The number of nitrogens with one attached hydrogen (secondary N) is 1. The number of thiophene rings is 1. The lowest BCUT2D eigenvalue weighted by Crippen LogP contribution is -2.23. The zero-order chi connectivity index (χ0) is 17.6. The average Bonchev–Trinajstić information content (AvgIpc) is 3.16. The maximum absolute atomic E-state index is 12.5. The van der Waals surface area contributed by atoms with Crippen molar-refractivity contribution in [2.24, 2.45) is 0 Å². The summed E-state index contributed by atoms with van der Waals surface area (Å²) in [6.45, 7) is 3.18. The van der Waals surface area contributed by atoms with Gasteiger partial charge in [-0.1, -0.05) is 18.2 Å². The second kappa shape index (κ2) is 6.00. The van der Waals surface area contributed by atoms with Crippen LogP contribution in [0.1, 0.15) is 26.6 Å². The fraction of sp³-hybridized carbons (Fsp3) is 0.278. The second-order valence-corrected chi connectivity index (χ2v) is 7.04. The van der Waals surface area contributed by atoms with Gasteiger partial charge in [0.2, 0.25) is 0 Å². The van der Waals surface area contributed by atoms with Crippen LogP contribution in [0.3, 0.4) is 0 Å². The number of ether oxygens (including phenoxy) is 1. The van der Waals surface area contributed by atoms with Gasteiger partial charge in [0.15, 0.2) is 0 Å². The number of methoxy groups -OCH3 is 1. The lowest BCUT2D eigenvalue weighted by molar-refractivity contribution is 0.0605. The Kier molecular flexibility index (Phi) is 3.80. The Morgan fingerprint density at radius 3 is 3.00 bits per heavy atom. The molecule has 1 N–H and O–H groups in total. The lowest BCUT2D eigenvalue weighted by atomic mass is 10.2. The Bertz CT molecular complexity index is 1040. The van der Waals surface area contributed by atoms with E-state index in [0.717, 1.165) is 13.0 Å². The zero-order valence-electron chi connectivity index (χ0n) is 14.0. The van der Waals surface area contributed by atoms with E-state index in [2.05, 4.69) is 27.0 Å². The monoisotopic (exact) mass is 355 g/mol. The molecule has 0 saturated heterocycles. The summed E-state index contributed by atoms with van der Waals surface area (Å²) in [6.07, 6.45) is 0.993. The quantitative estimate of drug-likeness (QED) is 0.731. The predicted octanol–water partition coefficient (Wildman–Crippen LogP) is 2.64. The van der Waals surface area contributed by atoms with Gasteiger partial charge in [-0.2, -0.15) is 0 Å². The Labute approximate surface area is 148 Å². The van der Waals surface area contributed by atoms with Crippen molar-refractivity contribution in [3.05, 3.63) is 56.4 Å². The highest BCUT2D eigenvalue weighted by Gasteiger charge is 2.22. The highest BCUT2D eigenvalue weighted by molar-refractivity contribution is 7.20. The Morgan fingerprint density at radius 2 is 2.20 bits per heavy atom. The molecule has 0 amide bonds. The second-order valence-electron chi connectivity index (χ2n) is 6.04. The van der Waals surface area contributed by atoms with Crippen LogP contribution in [-0.4, -0.2) is 29.6 Å². The van der Waals surface area contributed by atoms with Crippen molar-refractivity contribution < 1.29 is 9.53 Å². The van der Waals surface area contributed by atoms with E-state index in [9.17, 15) is 9.59 Å². The molecule has 25 heavy (non-hydrogen) atoms. The lowest BCUT2D eigenvalue weighted by Gasteiger charge is -2.18. The third kappa shape index (κ3) is 2.60. The summed E-state index contributed by atoms with van der Waals surface area (Å²) in [6, 6.07) is 8.27. The van der Waals surface area contributed by atoms with E-state index in [-0.39, 0.29) is 5.56 Å². The maximum atomic E-state index is 12.5. The van der Waals surface area contributed by atoms with Crippen molar-refractivity contribution >= 4 is 33.2 Å². The highest BCUT2D eigenvalue weighted by atomic mass is 32.1. The number of fused-ring (bicyclic) bond motifs is 2. The zero-order valence-corrected chi connectivity index (χ0v) is 14.8. The molecule has 0 fully saturated rings. The maximum Gasteiger partial charge on any atom is 0.348 e. The summed E-state index contributed by atoms with van der Waals surface area (Å²) in [4.78, 5) is 35.0. The van der Waals surface area contributed by atoms with E-state index < -0.39 is 5.97 Å². The van der Waals surface area contributed by atoms with Crippen molar-refractivity contribution in [3.8, 4) is 0 Å². The number of aromatic amines is 1. The van der Waals surface area contributed by atoms with Gasteiger partial charge in [-0.05, 0) is 30.5 Å². The predicted molar refractivity (Wildman–Crippen MR) is 97.5 cm³/mol. The van der Waals surface area contributed by atoms with E-state index in [1.165, 1.54) is 29.7 Å². The number of aryl methyl sites for hydroxylation is 1. The number of nitrogens with zero attached hydrogens (tertiary/aromatic N) is 2. The van der Waals surface area contributed by atoms with Crippen LogP contribution in [0.2, 0.25) is 0 Å². The van der Waals surface area contributed by atoms with E-state index in [4.69, 9.17) is 4.74 Å². The van der Waals surface area contributed by atoms with E-state index in [1.807, 2.05) is 12.1 Å². The summed E-state index contributed by atoms with van der Waals surface area (Å²) in [5.41, 5.74) is 2.91. The molecule has 1 aliphatic heterocycles. The molecule has 0 saturated carbocycles. The Morgan fingerprint density at radius 1 is 1.40 bits per heavy atom. The van der Waals surface area contributed by atoms with Crippen LogP contribution in [-0.2, 0) is 17.7 Å². The van der Waals surface area contributed by atoms with Gasteiger partial charge in [0, 0.05) is 12.2 Å². The molecule has 0 unspecified atom stereocenters. The van der Waals surface area contributed by atoms with Crippen LogP contribution in [0.15, 0.2) is 29.1 Å². The molecule has 6 nitrogen and oxygen atoms in total. The van der Waals surface area contributed by atoms with E-state index in [1.54, 1.807) is 6.92 Å². The van der Waals surface area contributed by atoms with Crippen molar-refractivity contribution in [3.63, 3.8) is 0 Å². The van der Waals surface area contributed by atoms with Gasteiger partial charge in [0.1, 0.15) is 15.5 Å². The average molecular weight is 355 g/mol. The number of anilines is 1. The van der Waals surface area contributed by atoms with Crippen LogP contribution in [0.4, 0.5) is 5.69 Å². The summed E-state index contributed by atoms with van der Waals surface area (Å²) in [5, 5.41) is 0.468. The first-order chi connectivity index (χ1) is 12.1. The number of hydrogen-bond donors (Lipinski definition) is 1.